The van der Waals surface area contributed by atoms with Crippen LogP contribution in [0.15, 0.2) is 26.7 Å². The maximum absolute atomic E-state index is 12.6. The van der Waals surface area contributed by atoms with Gasteiger partial charge in [0.1, 0.15) is 5.69 Å². The van der Waals surface area contributed by atoms with Crippen LogP contribution < -0.4 is 5.43 Å². The summed E-state index contributed by atoms with van der Waals surface area (Å²) in [5.41, 5.74) is 0.699. The third-order valence-corrected chi connectivity index (χ3v) is 6.52. The molecule has 1 N–H and O–H groups in total. The van der Waals surface area contributed by atoms with Crippen LogP contribution in [-0.4, -0.2) is 53.7 Å². The quantitative estimate of drug-likeness (QED) is 0.740. The van der Waals surface area contributed by atoms with Crippen LogP contribution in [0.25, 0.3) is 0 Å². The Morgan fingerprint density at radius 2 is 2.12 bits per heavy atom. The largest absolute Gasteiger partial charge is 0.441 e. The summed E-state index contributed by atoms with van der Waals surface area (Å²) in [6.45, 7) is 1.41. The zero-order valence-electron chi connectivity index (χ0n) is 12.8. The minimum atomic E-state index is -4.64. The highest BCUT2D eigenvalue weighted by Crippen LogP contribution is 2.32. The fourth-order valence-electron chi connectivity index (χ4n) is 1.82. The number of hydrogen-bond donors (Lipinski definition) is 1. The first kappa shape index (κ1) is 20.0. The number of carbonyl (C=O) groups is 1. The molecule has 2 rings (SSSR count). The fourth-order valence-corrected chi connectivity index (χ4v) is 4.16. The molecule has 1 aromatic rings. The average Bonchev–Trinajstić information content (AvgIpc) is 3.03. The van der Waals surface area contributed by atoms with Gasteiger partial charge in [-0.15, -0.1) is 0 Å². The predicted molar refractivity (Wildman–Crippen MR) is 89.8 cm³/mol. The van der Waals surface area contributed by atoms with Gasteiger partial charge in [0.05, 0.1) is 10.6 Å². The van der Waals surface area contributed by atoms with Crippen LogP contribution in [-0.2, 0) is 9.84 Å². The van der Waals surface area contributed by atoms with Gasteiger partial charge in [0.2, 0.25) is 5.04 Å². The number of alkyl halides is 3. The van der Waals surface area contributed by atoms with Gasteiger partial charge < -0.3 is 4.90 Å². The highest BCUT2D eigenvalue weighted by atomic mass is 79.9. The first-order chi connectivity index (χ1) is 11.5. The number of rotatable bonds is 4. The number of halogens is 4. The number of aromatic nitrogens is 1. The lowest BCUT2D eigenvalue weighted by molar-refractivity contribution is -0.0555. The second-order valence-electron chi connectivity index (χ2n) is 4.83. The lowest BCUT2D eigenvalue weighted by Gasteiger charge is -2.23. The van der Waals surface area contributed by atoms with Crippen molar-refractivity contribution in [3.63, 3.8) is 0 Å². The third kappa shape index (κ3) is 4.26. The van der Waals surface area contributed by atoms with E-state index in [4.69, 9.17) is 0 Å². The number of hydrazone groups is 1. The predicted octanol–water partition coefficient (Wildman–Crippen LogP) is 2.21. The molecule has 25 heavy (non-hydrogen) atoms. The first-order valence-electron chi connectivity index (χ1n) is 6.70. The molecular weight excluding hydrogens is 449 g/mol. The summed E-state index contributed by atoms with van der Waals surface area (Å²) < 4.78 is 62.6. The molecule has 1 atom stereocenters. The zero-order chi connectivity index (χ0) is 19.0. The van der Waals surface area contributed by atoms with Gasteiger partial charge in [0.25, 0.3) is 5.91 Å². The van der Waals surface area contributed by atoms with E-state index in [1.807, 2.05) is 0 Å². The summed E-state index contributed by atoms with van der Waals surface area (Å²) in [6, 6.07) is 1.24. The minimum absolute atomic E-state index is 0.257. The van der Waals surface area contributed by atoms with Crippen molar-refractivity contribution in [2.24, 2.45) is 5.10 Å². The Kier molecular flexibility index (Phi) is 5.68. The smallest absolute Gasteiger partial charge is 0.310 e. The fraction of sp³-hybridized carbons (Fsp3) is 0.417. The molecule has 7 nitrogen and oxygen atoms in total. The van der Waals surface area contributed by atoms with Gasteiger partial charge in [-0.2, -0.15) is 18.3 Å². The first-order valence-corrected chi connectivity index (χ1v) is 10.0. The van der Waals surface area contributed by atoms with Gasteiger partial charge in [-0.1, -0.05) is 18.7 Å². The molecule has 1 amide bonds. The molecule has 0 saturated heterocycles. The molecule has 1 aliphatic rings. The molecule has 0 bridgehead atoms. The van der Waals surface area contributed by atoms with E-state index in [2.05, 4.69) is 31.4 Å². The number of pyridine rings is 1. The molecule has 1 aromatic heterocycles. The molecule has 0 aromatic carbocycles. The molecule has 138 valence electrons. The van der Waals surface area contributed by atoms with Crippen LogP contribution in [0.4, 0.5) is 13.2 Å². The van der Waals surface area contributed by atoms with E-state index in [1.54, 1.807) is 0 Å². The maximum Gasteiger partial charge on any atom is 0.441 e. The highest BCUT2D eigenvalue weighted by molar-refractivity contribution is 9.10. The summed E-state index contributed by atoms with van der Waals surface area (Å²) in [6.07, 6.45) is -3.40. The molecule has 0 radical (unpaired) electrons. The highest BCUT2D eigenvalue weighted by Gasteiger charge is 2.43. The van der Waals surface area contributed by atoms with Gasteiger partial charge in [0, 0.05) is 17.7 Å². The maximum atomic E-state index is 12.6. The Labute approximate surface area is 154 Å². The van der Waals surface area contributed by atoms with Gasteiger partial charge in [-0.05, 0) is 22.0 Å². The van der Waals surface area contributed by atoms with Crippen LogP contribution in [0.5, 0.6) is 0 Å². The molecule has 0 fully saturated rings. The van der Waals surface area contributed by atoms with Crippen molar-refractivity contribution in [2.45, 2.75) is 23.5 Å². The summed E-state index contributed by atoms with van der Waals surface area (Å²) in [5.74, 6) is -1.10. The van der Waals surface area contributed by atoms with Crippen molar-refractivity contribution in [2.75, 3.05) is 12.8 Å². The Hall–Kier alpha value is -1.34. The zero-order valence-corrected chi connectivity index (χ0v) is 16.1. The van der Waals surface area contributed by atoms with Gasteiger partial charge in [-0.3, -0.25) is 10.2 Å². The van der Waals surface area contributed by atoms with Crippen LogP contribution in [0.1, 0.15) is 17.4 Å². The average molecular weight is 461 g/mol. The van der Waals surface area contributed by atoms with E-state index in [1.165, 1.54) is 26.2 Å². The third-order valence-electron chi connectivity index (χ3n) is 3.15. The van der Waals surface area contributed by atoms with E-state index < -0.39 is 32.5 Å². The Balaban J connectivity index is 2.30. The van der Waals surface area contributed by atoms with Crippen LogP contribution in [0.3, 0.4) is 0 Å². The van der Waals surface area contributed by atoms with Crippen molar-refractivity contribution >= 4 is 48.5 Å². The lowest BCUT2D eigenvalue weighted by atomic mass is 10.3. The van der Waals surface area contributed by atoms with Gasteiger partial charge in [-0.25, -0.2) is 13.4 Å². The molecular formula is C12H12BrF3N4O3S2. The van der Waals surface area contributed by atoms with Crippen molar-refractivity contribution in [1.29, 1.82) is 0 Å². The normalized spacial score (nSPS) is 17.8. The van der Waals surface area contributed by atoms with Crippen LogP contribution in [0, 0.1) is 0 Å². The van der Waals surface area contributed by atoms with E-state index in [9.17, 15) is 26.4 Å². The molecule has 1 unspecified atom stereocenters. The van der Waals surface area contributed by atoms with E-state index in [-0.39, 0.29) is 16.3 Å². The van der Waals surface area contributed by atoms with Crippen molar-refractivity contribution in [1.82, 2.24) is 15.3 Å². The molecule has 2 heterocycles. The summed E-state index contributed by atoms with van der Waals surface area (Å²) in [5, 5.41) is 2.03. The number of nitrogens with one attached hydrogen (secondary N) is 1. The number of nitrogens with zero attached hydrogens (tertiary/aromatic N) is 3. The van der Waals surface area contributed by atoms with E-state index in [0.717, 1.165) is 4.90 Å². The second kappa shape index (κ2) is 7.11. The summed E-state index contributed by atoms with van der Waals surface area (Å²) in [4.78, 5) is 17.0. The van der Waals surface area contributed by atoms with E-state index in [0.29, 0.717) is 16.2 Å². The molecule has 1 aliphatic heterocycles. The number of hydrogen-bond acceptors (Lipinski definition) is 7. The lowest BCUT2D eigenvalue weighted by Crippen LogP contribution is -2.41. The Morgan fingerprint density at radius 1 is 1.48 bits per heavy atom. The minimum Gasteiger partial charge on any atom is -0.310 e. The van der Waals surface area contributed by atoms with E-state index >= 15 is 0 Å². The van der Waals surface area contributed by atoms with Gasteiger partial charge >= 0.3 is 6.18 Å². The van der Waals surface area contributed by atoms with Crippen LogP contribution in [0.2, 0.25) is 0 Å². The molecule has 13 heteroatoms. The van der Waals surface area contributed by atoms with Crippen molar-refractivity contribution < 1.29 is 26.4 Å². The Morgan fingerprint density at radius 3 is 2.64 bits per heavy atom. The number of carbonyl (C=O) groups excluding carboxylic acids is 1. The SMILES string of the molecule is CCS(=O)(=O)c1cc(Br)cnc1C(=O)N(C)C1NN=C(C(F)(F)F)S1. The second-order valence-corrected chi connectivity index (χ2v) is 9.07. The summed E-state index contributed by atoms with van der Waals surface area (Å²) >= 11 is 3.39. The number of amides is 1. The molecule has 0 spiro atoms. The standard InChI is InChI=1S/C12H12BrF3N4O3S2/c1-3-25(22,23)7-4-6(13)5-17-8(7)9(21)20(2)11-19-18-10(24-11)12(14,15)16/h4-5,11,19H,3H2,1-2H3. The topological polar surface area (TPSA) is 91.7 Å². The Bertz CT molecular complexity index is 829. The van der Waals surface area contributed by atoms with Crippen molar-refractivity contribution in [3.8, 4) is 0 Å². The molecule has 0 saturated carbocycles. The van der Waals surface area contributed by atoms with Crippen LogP contribution >= 0.6 is 27.7 Å². The number of sulfone groups is 1. The monoisotopic (exact) mass is 460 g/mol. The molecule has 0 aliphatic carbocycles. The van der Waals surface area contributed by atoms with Gasteiger partial charge in [0.15, 0.2) is 15.3 Å². The van der Waals surface area contributed by atoms with Crippen molar-refractivity contribution in [3.05, 3.63) is 22.4 Å². The summed E-state index contributed by atoms with van der Waals surface area (Å²) in [7, 11) is -2.53. The number of thioether (sulfide) groups is 1.